The Kier molecular flexibility index (Phi) is 7.09. The predicted octanol–water partition coefficient (Wildman–Crippen LogP) is 3.69. The smallest absolute Gasteiger partial charge is 0.253 e. The van der Waals surface area contributed by atoms with Gasteiger partial charge in [0.25, 0.3) is 10.9 Å². The van der Waals surface area contributed by atoms with Crippen LogP contribution in [0.2, 0.25) is 0 Å². The summed E-state index contributed by atoms with van der Waals surface area (Å²) in [6.07, 6.45) is 10.0. The van der Waals surface area contributed by atoms with E-state index in [1.54, 1.807) is 30.7 Å². The zero-order chi connectivity index (χ0) is 23.0. The van der Waals surface area contributed by atoms with Gasteiger partial charge in [0.15, 0.2) is 0 Å². The summed E-state index contributed by atoms with van der Waals surface area (Å²) in [5.41, 5.74) is 2.05. The van der Waals surface area contributed by atoms with Gasteiger partial charge in [-0.1, -0.05) is 25.3 Å². The molecule has 0 aliphatic rings. The first-order valence-corrected chi connectivity index (χ1v) is 11.1. The van der Waals surface area contributed by atoms with E-state index < -0.39 is 10.9 Å². The molecule has 4 N–H and O–H groups in total. The van der Waals surface area contributed by atoms with Crippen molar-refractivity contribution in [3.8, 4) is 0 Å². The minimum Gasteiger partial charge on any atom is -0.380 e. The van der Waals surface area contributed by atoms with Gasteiger partial charge in [0.05, 0.1) is 17.4 Å². The van der Waals surface area contributed by atoms with Crippen LogP contribution in [0.25, 0.3) is 10.9 Å². The first-order valence-electron chi connectivity index (χ1n) is 11.1. The third-order valence-corrected chi connectivity index (χ3v) is 5.50. The topological polar surface area (TPSA) is 129 Å². The highest BCUT2D eigenvalue weighted by molar-refractivity contribution is 6.00. The number of unbranched alkanes of at least 4 members (excludes halogenated alkanes) is 4. The molecule has 4 rings (SSSR count). The molecule has 2 aromatic carbocycles. The van der Waals surface area contributed by atoms with E-state index in [1.807, 2.05) is 18.2 Å². The van der Waals surface area contributed by atoms with Crippen LogP contribution < -0.4 is 26.8 Å². The van der Waals surface area contributed by atoms with Crippen molar-refractivity contribution in [3.63, 3.8) is 0 Å². The first-order chi connectivity index (χ1) is 16.1. The Morgan fingerprint density at radius 2 is 1.67 bits per heavy atom. The second-order valence-corrected chi connectivity index (χ2v) is 7.90. The summed E-state index contributed by atoms with van der Waals surface area (Å²) in [6.45, 7) is 0.616. The number of aromatic amines is 1. The Balaban J connectivity index is 1.11. The number of anilines is 4. The van der Waals surface area contributed by atoms with Crippen molar-refractivity contribution in [2.45, 2.75) is 38.5 Å². The summed E-state index contributed by atoms with van der Waals surface area (Å²) in [5, 5.41) is 16.8. The van der Waals surface area contributed by atoms with Crippen LogP contribution >= 0.6 is 0 Å². The molecule has 0 aliphatic carbocycles. The summed E-state index contributed by atoms with van der Waals surface area (Å²) in [5.74, 6) is -0.000284. The Morgan fingerprint density at radius 1 is 0.909 bits per heavy atom. The van der Waals surface area contributed by atoms with Crippen LogP contribution in [-0.4, -0.2) is 27.6 Å². The summed E-state index contributed by atoms with van der Waals surface area (Å²) in [6, 6.07) is 9.14. The van der Waals surface area contributed by atoms with Crippen molar-refractivity contribution in [1.29, 1.82) is 0 Å². The molecule has 0 aliphatic heterocycles. The largest absolute Gasteiger partial charge is 0.380 e. The number of H-pyrrole nitrogens is 1. The van der Waals surface area contributed by atoms with Crippen molar-refractivity contribution >= 4 is 39.6 Å². The van der Waals surface area contributed by atoms with Crippen LogP contribution in [0.3, 0.4) is 0 Å². The Labute approximate surface area is 190 Å². The number of benzene rings is 1. The zero-order valence-corrected chi connectivity index (χ0v) is 18.2. The van der Waals surface area contributed by atoms with E-state index >= 15 is 0 Å². The molecule has 0 unspecified atom stereocenters. The minimum absolute atomic E-state index is 0.000284. The molecule has 0 bridgehead atoms. The van der Waals surface area contributed by atoms with Gasteiger partial charge in [-0.15, -0.1) is 0 Å². The van der Waals surface area contributed by atoms with Crippen LogP contribution in [0, 0.1) is 0 Å². The SMILES string of the molecule is O=C(CCCCCCCNc1c(Nc2ccncc2)c(=O)c1=O)Nc1cccc2[nH]ncc12. The number of fused-ring (bicyclic) bond motifs is 1. The van der Waals surface area contributed by atoms with Crippen molar-refractivity contribution in [3.05, 3.63) is 69.4 Å². The van der Waals surface area contributed by atoms with E-state index in [1.165, 1.54) is 0 Å². The standard InChI is InChI=1S/C24H26N6O3/c31-20(29-18-7-6-8-19-17(18)15-27-30-19)9-4-2-1-3-5-12-26-21-22(24(33)23(21)32)28-16-10-13-25-14-11-16/h6-8,10-11,13-15,26H,1-5,9,12H2,(H,25,28)(H,27,30)(H,29,31). The summed E-state index contributed by atoms with van der Waals surface area (Å²) < 4.78 is 0. The molecule has 2 aromatic heterocycles. The number of hydrogen-bond donors (Lipinski definition) is 4. The van der Waals surface area contributed by atoms with E-state index in [0.29, 0.717) is 30.0 Å². The van der Waals surface area contributed by atoms with E-state index in [4.69, 9.17) is 0 Å². The Hall–Kier alpha value is -4.01. The number of rotatable bonds is 12. The van der Waals surface area contributed by atoms with Crippen LogP contribution in [0.4, 0.5) is 22.7 Å². The number of pyridine rings is 1. The fraction of sp³-hybridized carbons (Fsp3) is 0.292. The molecule has 0 saturated heterocycles. The maximum Gasteiger partial charge on any atom is 0.253 e. The van der Waals surface area contributed by atoms with Crippen molar-refractivity contribution in [2.24, 2.45) is 0 Å². The van der Waals surface area contributed by atoms with Crippen molar-refractivity contribution in [2.75, 3.05) is 22.5 Å². The number of nitrogens with one attached hydrogen (secondary N) is 4. The Morgan fingerprint density at radius 3 is 2.52 bits per heavy atom. The molecule has 0 radical (unpaired) electrons. The number of carbonyl (C=O) groups is 1. The zero-order valence-electron chi connectivity index (χ0n) is 18.2. The van der Waals surface area contributed by atoms with E-state index in [9.17, 15) is 14.4 Å². The monoisotopic (exact) mass is 446 g/mol. The number of carbonyl (C=O) groups excluding carboxylic acids is 1. The van der Waals surface area contributed by atoms with Gasteiger partial charge in [-0.3, -0.25) is 24.5 Å². The van der Waals surface area contributed by atoms with E-state index in [-0.39, 0.29) is 5.91 Å². The quantitative estimate of drug-likeness (QED) is 0.193. The van der Waals surface area contributed by atoms with Gasteiger partial charge in [0.1, 0.15) is 11.4 Å². The average Bonchev–Trinajstić information content (AvgIpc) is 3.32. The molecule has 0 saturated carbocycles. The summed E-state index contributed by atoms with van der Waals surface area (Å²) in [7, 11) is 0. The lowest BCUT2D eigenvalue weighted by molar-refractivity contribution is -0.116. The highest BCUT2D eigenvalue weighted by atomic mass is 16.2. The normalized spacial score (nSPS) is 11.0. The van der Waals surface area contributed by atoms with Gasteiger partial charge in [-0.05, 0) is 37.1 Å². The highest BCUT2D eigenvalue weighted by Crippen LogP contribution is 2.22. The fourth-order valence-electron chi connectivity index (χ4n) is 3.70. The molecule has 4 aromatic rings. The van der Waals surface area contributed by atoms with Crippen LogP contribution in [-0.2, 0) is 4.79 Å². The van der Waals surface area contributed by atoms with Gasteiger partial charge >= 0.3 is 0 Å². The molecule has 9 heteroatoms. The lowest BCUT2D eigenvalue weighted by atomic mass is 10.1. The predicted molar refractivity (Wildman–Crippen MR) is 130 cm³/mol. The second-order valence-electron chi connectivity index (χ2n) is 7.90. The van der Waals surface area contributed by atoms with E-state index in [0.717, 1.165) is 48.7 Å². The highest BCUT2D eigenvalue weighted by Gasteiger charge is 2.20. The molecular weight excluding hydrogens is 420 g/mol. The van der Waals surface area contributed by atoms with Gasteiger partial charge in [0.2, 0.25) is 5.91 Å². The van der Waals surface area contributed by atoms with Gasteiger partial charge in [-0.2, -0.15) is 5.10 Å². The molecule has 0 spiro atoms. The van der Waals surface area contributed by atoms with Crippen LogP contribution in [0.15, 0.2) is 58.5 Å². The van der Waals surface area contributed by atoms with Gasteiger partial charge in [-0.25, -0.2) is 0 Å². The summed E-state index contributed by atoms with van der Waals surface area (Å²) in [4.78, 5) is 39.8. The average molecular weight is 447 g/mol. The van der Waals surface area contributed by atoms with Crippen molar-refractivity contribution < 1.29 is 4.79 Å². The fourth-order valence-corrected chi connectivity index (χ4v) is 3.70. The molecule has 170 valence electrons. The van der Waals surface area contributed by atoms with Crippen LogP contribution in [0.1, 0.15) is 38.5 Å². The third kappa shape index (κ3) is 5.43. The molecular formula is C24H26N6O3. The number of hydrogen-bond acceptors (Lipinski definition) is 7. The van der Waals surface area contributed by atoms with Crippen molar-refractivity contribution in [1.82, 2.24) is 15.2 Å². The third-order valence-electron chi connectivity index (χ3n) is 5.50. The lowest BCUT2D eigenvalue weighted by Crippen LogP contribution is -2.36. The molecule has 33 heavy (non-hydrogen) atoms. The molecule has 0 atom stereocenters. The lowest BCUT2D eigenvalue weighted by Gasteiger charge is -2.14. The summed E-state index contributed by atoms with van der Waals surface area (Å²) >= 11 is 0. The first kappa shape index (κ1) is 22.2. The van der Waals surface area contributed by atoms with E-state index in [2.05, 4.69) is 31.1 Å². The number of nitrogens with zero attached hydrogens (tertiary/aromatic N) is 2. The van der Waals surface area contributed by atoms with Crippen LogP contribution in [0.5, 0.6) is 0 Å². The maximum absolute atomic E-state index is 12.2. The van der Waals surface area contributed by atoms with Gasteiger partial charge < -0.3 is 16.0 Å². The maximum atomic E-state index is 12.2. The Bertz CT molecular complexity index is 1290. The minimum atomic E-state index is -0.503. The molecule has 2 heterocycles. The number of aromatic nitrogens is 3. The molecule has 0 fully saturated rings. The molecule has 9 nitrogen and oxygen atoms in total. The number of amides is 1. The molecule has 1 amide bonds. The van der Waals surface area contributed by atoms with Gasteiger partial charge in [0, 0.05) is 36.4 Å². The second kappa shape index (κ2) is 10.5.